The zero-order chi connectivity index (χ0) is 19.6. The van der Waals surface area contributed by atoms with Crippen molar-refractivity contribution < 1.29 is 4.74 Å². The highest BCUT2D eigenvalue weighted by Gasteiger charge is 2.12. The minimum Gasteiger partial charge on any atom is -0.487 e. The number of aliphatic imine (C=N–C) groups is 1. The van der Waals surface area contributed by atoms with Crippen molar-refractivity contribution in [3.8, 4) is 5.75 Å². The summed E-state index contributed by atoms with van der Waals surface area (Å²) >= 11 is 6.18. The molecule has 0 amide bonds. The first-order valence-corrected chi connectivity index (χ1v) is 9.32. The normalized spacial score (nSPS) is 12.1. The van der Waals surface area contributed by atoms with Crippen LogP contribution in [0.15, 0.2) is 41.9 Å². The lowest BCUT2D eigenvalue weighted by Gasteiger charge is -2.20. The molecule has 2 aromatic rings. The third-order valence-corrected chi connectivity index (χ3v) is 4.37. The zero-order valence-electron chi connectivity index (χ0n) is 16.5. The number of ether oxygens (including phenoxy) is 1. The van der Waals surface area contributed by atoms with Crippen LogP contribution in [0.2, 0.25) is 5.02 Å². The molecule has 9 heteroatoms. The fraction of sp³-hybridized carbons (Fsp3) is 0.421. The van der Waals surface area contributed by atoms with Crippen LogP contribution in [0.5, 0.6) is 5.75 Å². The van der Waals surface area contributed by atoms with Gasteiger partial charge in [-0.1, -0.05) is 36.7 Å². The highest BCUT2D eigenvalue weighted by atomic mass is 127. The monoisotopic (exact) mass is 518 g/mol. The second kappa shape index (κ2) is 12.6. The number of hydrogen-bond donors (Lipinski definition) is 2. The number of hydrogen-bond acceptors (Lipinski definition) is 4. The van der Waals surface area contributed by atoms with Crippen LogP contribution in [0, 0.1) is 6.92 Å². The molecule has 1 aromatic carbocycles. The molecular weight excluding hydrogens is 491 g/mol. The van der Waals surface area contributed by atoms with E-state index in [1.807, 2.05) is 42.8 Å². The molecule has 0 aliphatic carbocycles. The van der Waals surface area contributed by atoms with Crippen molar-refractivity contribution in [3.63, 3.8) is 0 Å². The molecule has 0 saturated carbocycles. The highest BCUT2D eigenvalue weighted by molar-refractivity contribution is 14.0. The lowest BCUT2D eigenvalue weighted by atomic mass is 10.2. The van der Waals surface area contributed by atoms with Crippen LogP contribution in [0.4, 0.5) is 0 Å². The van der Waals surface area contributed by atoms with Crippen LogP contribution in [0.1, 0.15) is 25.0 Å². The van der Waals surface area contributed by atoms with E-state index in [9.17, 15) is 0 Å². The third kappa shape index (κ3) is 7.31. The van der Waals surface area contributed by atoms with E-state index >= 15 is 0 Å². The molecule has 0 saturated heterocycles. The van der Waals surface area contributed by atoms with Gasteiger partial charge in [-0.3, -0.25) is 0 Å². The molecule has 1 atom stereocenters. The zero-order valence-corrected chi connectivity index (χ0v) is 19.6. The Morgan fingerprint density at radius 1 is 1.36 bits per heavy atom. The van der Waals surface area contributed by atoms with Crippen molar-refractivity contribution in [2.75, 3.05) is 13.1 Å². The standard InChI is InChI=1S/C19H27ClN6O.HI/c1-5-11-21-19(23-13-18-25-24-14(3)26(18)4)22-12-15(6-2)27-17-10-8-7-9-16(17)20;/h5,7-10,15H,1,6,11-13H2,2-4H3,(H2,21,22,23);1H. The first-order valence-electron chi connectivity index (χ1n) is 8.94. The Morgan fingerprint density at radius 3 is 2.71 bits per heavy atom. The Hall–Kier alpha value is -1.81. The molecule has 0 spiro atoms. The van der Waals surface area contributed by atoms with E-state index in [1.54, 1.807) is 6.08 Å². The van der Waals surface area contributed by atoms with Crippen molar-refractivity contribution >= 4 is 41.5 Å². The predicted molar refractivity (Wildman–Crippen MR) is 125 cm³/mol. The van der Waals surface area contributed by atoms with Crippen LogP contribution in [0.3, 0.4) is 0 Å². The van der Waals surface area contributed by atoms with Gasteiger partial charge >= 0.3 is 0 Å². The Labute approximate surface area is 188 Å². The molecular formula is C19H28ClIN6O. The molecule has 1 aromatic heterocycles. The summed E-state index contributed by atoms with van der Waals surface area (Å²) in [5.74, 6) is 3.00. The minimum absolute atomic E-state index is 0. The van der Waals surface area contributed by atoms with Crippen LogP contribution in [-0.2, 0) is 13.6 Å². The summed E-state index contributed by atoms with van der Waals surface area (Å²) in [4.78, 5) is 4.58. The van der Waals surface area contributed by atoms with Crippen LogP contribution in [0.25, 0.3) is 0 Å². The fourth-order valence-corrected chi connectivity index (χ4v) is 2.46. The maximum atomic E-state index is 6.18. The number of guanidine groups is 1. The number of para-hydroxylation sites is 1. The van der Waals surface area contributed by atoms with Gasteiger partial charge in [-0.05, 0) is 25.5 Å². The van der Waals surface area contributed by atoms with Crippen LogP contribution < -0.4 is 15.4 Å². The van der Waals surface area contributed by atoms with Gasteiger partial charge in [-0.15, -0.1) is 40.8 Å². The van der Waals surface area contributed by atoms with E-state index in [0.717, 1.165) is 18.1 Å². The van der Waals surface area contributed by atoms with Gasteiger partial charge in [0.2, 0.25) is 0 Å². The van der Waals surface area contributed by atoms with Crippen molar-refractivity contribution in [1.82, 2.24) is 25.4 Å². The first kappa shape index (κ1) is 24.2. The molecule has 1 unspecified atom stereocenters. The van der Waals surface area contributed by atoms with Crippen molar-refractivity contribution in [2.24, 2.45) is 12.0 Å². The van der Waals surface area contributed by atoms with E-state index < -0.39 is 0 Å². The van der Waals surface area contributed by atoms with E-state index in [2.05, 4.69) is 39.3 Å². The molecule has 2 N–H and O–H groups in total. The number of benzene rings is 1. The van der Waals surface area contributed by atoms with Gasteiger partial charge in [0.15, 0.2) is 11.8 Å². The maximum Gasteiger partial charge on any atom is 0.192 e. The number of halogens is 2. The smallest absolute Gasteiger partial charge is 0.192 e. The Morgan fingerprint density at radius 2 is 2.11 bits per heavy atom. The predicted octanol–water partition coefficient (Wildman–Crippen LogP) is 3.47. The molecule has 2 rings (SSSR count). The van der Waals surface area contributed by atoms with Crippen LogP contribution in [-0.4, -0.2) is 39.9 Å². The molecule has 0 aliphatic heterocycles. The number of nitrogens with zero attached hydrogens (tertiary/aromatic N) is 4. The first-order chi connectivity index (χ1) is 13.0. The fourth-order valence-electron chi connectivity index (χ4n) is 2.28. The average Bonchev–Trinajstić information content (AvgIpc) is 2.99. The molecule has 1 heterocycles. The van der Waals surface area contributed by atoms with Gasteiger partial charge < -0.3 is 19.9 Å². The SMILES string of the molecule is C=CCNC(=NCc1nnc(C)n1C)NCC(CC)Oc1ccccc1Cl.I. The van der Waals surface area contributed by atoms with E-state index in [1.165, 1.54) is 0 Å². The molecule has 0 fully saturated rings. The van der Waals surface area contributed by atoms with Gasteiger partial charge in [0, 0.05) is 13.6 Å². The number of aromatic nitrogens is 3. The minimum atomic E-state index is -0.0438. The van der Waals surface area contributed by atoms with Gasteiger partial charge in [-0.2, -0.15) is 0 Å². The second-order valence-electron chi connectivity index (χ2n) is 6.02. The molecule has 0 aliphatic rings. The maximum absolute atomic E-state index is 6.18. The van der Waals surface area contributed by atoms with Gasteiger partial charge in [-0.25, -0.2) is 4.99 Å². The second-order valence-corrected chi connectivity index (χ2v) is 6.42. The summed E-state index contributed by atoms with van der Waals surface area (Å²) in [6.45, 7) is 9.32. The topological polar surface area (TPSA) is 76.4 Å². The summed E-state index contributed by atoms with van der Waals surface area (Å²) in [5.41, 5.74) is 0. The highest BCUT2D eigenvalue weighted by Crippen LogP contribution is 2.24. The number of nitrogens with one attached hydrogen (secondary N) is 2. The Kier molecular flexibility index (Phi) is 10.9. The van der Waals surface area contributed by atoms with E-state index in [-0.39, 0.29) is 30.1 Å². The number of rotatable bonds is 9. The third-order valence-electron chi connectivity index (χ3n) is 4.06. The van der Waals surface area contributed by atoms with Crippen molar-refractivity contribution in [1.29, 1.82) is 0 Å². The Bertz CT molecular complexity index is 780. The molecule has 154 valence electrons. The van der Waals surface area contributed by atoms with Gasteiger partial charge in [0.05, 0.1) is 11.6 Å². The van der Waals surface area contributed by atoms with Crippen molar-refractivity contribution in [3.05, 3.63) is 53.6 Å². The molecule has 7 nitrogen and oxygen atoms in total. The van der Waals surface area contributed by atoms with Gasteiger partial charge in [0.1, 0.15) is 24.2 Å². The van der Waals surface area contributed by atoms with Crippen molar-refractivity contribution in [2.45, 2.75) is 32.9 Å². The largest absolute Gasteiger partial charge is 0.487 e. The summed E-state index contributed by atoms with van der Waals surface area (Å²) in [6.07, 6.45) is 2.56. The lowest BCUT2D eigenvalue weighted by molar-refractivity contribution is 0.199. The summed E-state index contributed by atoms with van der Waals surface area (Å²) in [6, 6.07) is 7.47. The quantitative estimate of drug-likeness (QED) is 0.230. The van der Waals surface area contributed by atoms with E-state index in [4.69, 9.17) is 16.3 Å². The molecule has 28 heavy (non-hydrogen) atoms. The average molecular weight is 519 g/mol. The Balaban J connectivity index is 0.00000392. The summed E-state index contributed by atoms with van der Waals surface area (Å²) in [5, 5.41) is 15.3. The summed E-state index contributed by atoms with van der Waals surface area (Å²) in [7, 11) is 1.93. The molecule has 0 bridgehead atoms. The lowest BCUT2D eigenvalue weighted by Crippen LogP contribution is -2.42. The molecule has 0 radical (unpaired) electrons. The number of aryl methyl sites for hydroxylation is 1. The van der Waals surface area contributed by atoms with Crippen LogP contribution >= 0.6 is 35.6 Å². The van der Waals surface area contributed by atoms with Gasteiger partial charge in [0.25, 0.3) is 0 Å². The van der Waals surface area contributed by atoms with E-state index in [0.29, 0.717) is 36.4 Å². The summed E-state index contributed by atoms with van der Waals surface area (Å²) < 4.78 is 7.93.